The molecule has 10 heavy (non-hydrogen) atoms. The number of aliphatic hydroxyl groups excluding tert-OH is 1. The van der Waals surface area contributed by atoms with E-state index < -0.39 is 14.1 Å². The molecule has 0 radical (unpaired) electrons. The van der Waals surface area contributed by atoms with E-state index in [4.69, 9.17) is 5.11 Å². The standard InChI is InChI=1S/C5H7O4P/c6-3-1-2-5(7)4-10(8)9/h1-3,5,7H,4H2. The highest BCUT2D eigenvalue weighted by molar-refractivity contribution is 7.36. The van der Waals surface area contributed by atoms with Gasteiger partial charge in [-0.3, -0.25) is 4.79 Å². The van der Waals surface area contributed by atoms with E-state index in [0.29, 0.717) is 6.29 Å². The van der Waals surface area contributed by atoms with E-state index in [-0.39, 0.29) is 6.16 Å². The second-order valence-electron chi connectivity index (χ2n) is 1.60. The van der Waals surface area contributed by atoms with Crippen LogP contribution in [0.15, 0.2) is 12.2 Å². The van der Waals surface area contributed by atoms with Crippen LogP contribution in [0.4, 0.5) is 0 Å². The average molecular weight is 162 g/mol. The van der Waals surface area contributed by atoms with Crippen LogP contribution in [0.25, 0.3) is 0 Å². The molecule has 0 fully saturated rings. The first-order valence-corrected chi connectivity index (χ1v) is 3.95. The summed E-state index contributed by atoms with van der Waals surface area (Å²) in [5.41, 5.74) is 0. The lowest BCUT2D eigenvalue weighted by atomic mass is 10.4. The van der Waals surface area contributed by atoms with Crippen LogP contribution in [0, 0.1) is 0 Å². The maximum absolute atomic E-state index is 9.93. The van der Waals surface area contributed by atoms with Gasteiger partial charge >= 0.3 is 8.03 Å². The fourth-order valence-corrected chi connectivity index (χ4v) is 0.814. The third kappa shape index (κ3) is 5.56. The summed E-state index contributed by atoms with van der Waals surface area (Å²) in [6.45, 7) is 0. The van der Waals surface area contributed by atoms with Gasteiger partial charge in [0.25, 0.3) is 0 Å². The fraction of sp³-hybridized carbons (Fsp3) is 0.400. The van der Waals surface area contributed by atoms with Gasteiger partial charge in [0.2, 0.25) is 0 Å². The molecule has 0 aromatic heterocycles. The second-order valence-corrected chi connectivity index (χ2v) is 2.63. The predicted molar refractivity (Wildman–Crippen MR) is 33.7 cm³/mol. The first kappa shape index (κ1) is 9.43. The number of hydrogen-bond acceptors (Lipinski definition) is 4. The molecule has 0 saturated carbocycles. The van der Waals surface area contributed by atoms with E-state index in [9.17, 15) is 14.3 Å². The molecular weight excluding hydrogens is 155 g/mol. The summed E-state index contributed by atoms with van der Waals surface area (Å²) in [7, 11) is -2.57. The van der Waals surface area contributed by atoms with Crippen LogP contribution in [-0.4, -0.2) is 23.7 Å². The van der Waals surface area contributed by atoms with Crippen LogP contribution in [0.3, 0.4) is 0 Å². The van der Waals surface area contributed by atoms with Gasteiger partial charge in [-0.15, -0.1) is 0 Å². The highest BCUT2D eigenvalue weighted by Crippen LogP contribution is 2.08. The molecule has 0 aliphatic carbocycles. The molecule has 0 heterocycles. The Morgan fingerprint density at radius 1 is 1.70 bits per heavy atom. The molecule has 2 unspecified atom stereocenters. The van der Waals surface area contributed by atoms with Gasteiger partial charge in [-0.2, -0.15) is 0 Å². The summed E-state index contributed by atoms with van der Waals surface area (Å²) in [6, 6.07) is 0. The molecule has 0 aliphatic rings. The molecule has 0 aromatic carbocycles. The number of carbonyl (C=O) groups excluding carboxylic acids is 1. The maximum Gasteiger partial charge on any atom is 0.311 e. The molecule has 0 aliphatic heterocycles. The first-order valence-electron chi connectivity index (χ1n) is 2.58. The Morgan fingerprint density at radius 2 is 2.30 bits per heavy atom. The Balaban J connectivity index is 3.62. The van der Waals surface area contributed by atoms with Crippen molar-refractivity contribution in [1.82, 2.24) is 0 Å². The van der Waals surface area contributed by atoms with E-state index >= 15 is 0 Å². The molecule has 0 amide bonds. The summed E-state index contributed by atoms with van der Waals surface area (Å²) in [5, 5.41) is 8.72. The zero-order valence-corrected chi connectivity index (χ0v) is 6.03. The summed E-state index contributed by atoms with van der Waals surface area (Å²) in [4.78, 5) is 19.6. The Kier molecular flexibility index (Phi) is 4.94. The van der Waals surface area contributed by atoms with Crippen molar-refractivity contribution >= 4 is 14.3 Å². The predicted octanol–water partition coefficient (Wildman–Crippen LogP) is -0.795. The Morgan fingerprint density at radius 3 is 2.70 bits per heavy atom. The molecule has 5 heteroatoms. The normalized spacial score (nSPS) is 15.2. The van der Waals surface area contributed by atoms with Crippen molar-refractivity contribution in [3.63, 3.8) is 0 Å². The molecule has 56 valence electrons. The quantitative estimate of drug-likeness (QED) is 0.333. The van der Waals surface area contributed by atoms with Gasteiger partial charge in [-0.25, -0.2) is 0 Å². The van der Waals surface area contributed by atoms with E-state index in [0.717, 1.165) is 12.2 Å². The fourth-order valence-electron chi connectivity index (χ4n) is 0.387. The van der Waals surface area contributed by atoms with Gasteiger partial charge in [0.1, 0.15) is 12.4 Å². The van der Waals surface area contributed by atoms with Crippen molar-refractivity contribution in [3.8, 4) is 0 Å². The smallest absolute Gasteiger partial charge is 0.311 e. The third-order valence-electron chi connectivity index (χ3n) is 0.748. The minimum absolute atomic E-state index is 0.334. The van der Waals surface area contributed by atoms with Gasteiger partial charge in [0, 0.05) is 0 Å². The number of aliphatic hydroxyl groups is 1. The molecule has 1 N–H and O–H groups in total. The SMILES string of the molecule is O=CC=CC(O)C[P+](=O)[O-]. The summed E-state index contributed by atoms with van der Waals surface area (Å²) < 4.78 is 9.93. The zero-order valence-electron chi connectivity index (χ0n) is 5.14. The van der Waals surface area contributed by atoms with Crippen LogP contribution < -0.4 is 4.89 Å². The number of hydrogen-bond donors (Lipinski definition) is 1. The maximum atomic E-state index is 9.93. The van der Waals surface area contributed by atoms with Crippen molar-refractivity contribution < 1.29 is 19.4 Å². The van der Waals surface area contributed by atoms with E-state index in [1.165, 1.54) is 0 Å². The summed E-state index contributed by atoms with van der Waals surface area (Å²) >= 11 is 0. The zero-order chi connectivity index (χ0) is 7.98. The number of rotatable bonds is 4. The molecule has 0 aromatic rings. The monoisotopic (exact) mass is 162 g/mol. The number of aldehydes is 1. The topological polar surface area (TPSA) is 77.4 Å². The molecule has 0 rings (SSSR count). The van der Waals surface area contributed by atoms with Crippen molar-refractivity contribution in [1.29, 1.82) is 0 Å². The van der Waals surface area contributed by atoms with E-state index in [1.54, 1.807) is 0 Å². The van der Waals surface area contributed by atoms with Gasteiger partial charge in [0.05, 0.1) is 0 Å². The summed E-state index contributed by atoms with van der Waals surface area (Å²) in [5.74, 6) is 0. The molecule has 0 saturated heterocycles. The highest BCUT2D eigenvalue weighted by atomic mass is 31.1. The average Bonchev–Trinajstić information content (AvgIpc) is 1.82. The molecule has 0 bridgehead atoms. The Hall–Kier alpha value is -0.570. The molecule has 0 spiro atoms. The minimum atomic E-state index is -2.57. The molecule has 2 atom stereocenters. The van der Waals surface area contributed by atoms with Crippen molar-refractivity contribution in [3.05, 3.63) is 12.2 Å². The van der Waals surface area contributed by atoms with Gasteiger partial charge in [0.15, 0.2) is 6.16 Å². The lowest BCUT2D eigenvalue weighted by Gasteiger charge is -1.94. The van der Waals surface area contributed by atoms with Crippen LogP contribution >= 0.6 is 8.03 Å². The van der Waals surface area contributed by atoms with Crippen molar-refractivity contribution in [2.24, 2.45) is 0 Å². The minimum Gasteiger partial charge on any atom is -0.595 e. The number of carbonyl (C=O) groups is 1. The van der Waals surface area contributed by atoms with Crippen LogP contribution in [-0.2, 0) is 9.36 Å². The van der Waals surface area contributed by atoms with Gasteiger partial charge < -0.3 is 10.00 Å². The van der Waals surface area contributed by atoms with Crippen LogP contribution in [0.2, 0.25) is 0 Å². The van der Waals surface area contributed by atoms with Crippen molar-refractivity contribution in [2.75, 3.05) is 6.16 Å². The second kappa shape index (κ2) is 5.23. The largest absolute Gasteiger partial charge is 0.595 e. The van der Waals surface area contributed by atoms with Gasteiger partial charge in [-0.05, 0) is 12.2 Å². The third-order valence-corrected chi connectivity index (χ3v) is 1.42. The Labute approximate surface area is 59.1 Å². The summed E-state index contributed by atoms with van der Waals surface area (Å²) in [6.07, 6.45) is 1.26. The van der Waals surface area contributed by atoms with Gasteiger partial charge in [-0.1, -0.05) is 4.57 Å². The highest BCUT2D eigenvalue weighted by Gasteiger charge is 2.07. The van der Waals surface area contributed by atoms with Crippen molar-refractivity contribution in [2.45, 2.75) is 6.10 Å². The van der Waals surface area contributed by atoms with E-state index in [2.05, 4.69) is 0 Å². The first-order chi connectivity index (χ1) is 4.66. The lowest BCUT2D eigenvalue weighted by Crippen LogP contribution is -2.08. The molecular formula is C5H7O4P. The Bertz CT molecular complexity index is 154. The number of allylic oxidation sites excluding steroid dienone is 1. The van der Waals surface area contributed by atoms with Crippen LogP contribution in [0.5, 0.6) is 0 Å². The lowest BCUT2D eigenvalue weighted by molar-refractivity contribution is -0.165. The molecule has 4 nitrogen and oxygen atoms in total. The van der Waals surface area contributed by atoms with E-state index in [1.807, 2.05) is 0 Å². The van der Waals surface area contributed by atoms with Crippen LogP contribution in [0.1, 0.15) is 0 Å².